The van der Waals surface area contributed by atoms with E-state index >= 15 is 0 Å². The van der Waals surface area contributed by atoms with Crippen LogP contribution in [0.25, 0.3) is 11.7 Å². The third-order valence-corrected chi connectivity index (χ3v) is 4.58. The number of aromatic nitrogens is 7. The Bertz CT molecular complexity index is 1430. The molecule has 0 aliphatic heterocycles. The van der Waals surface area contributed by atoms with Crippen molar-refractivity contribution >= 4 is 11.7 Å². The number of methoxy groups -OCH3 is 1. The summed E-state index contributed by atoms with van der Waals surface area (Å²) in [6, 6.07) is 5.68. The van der Waals surface area contributed by atoms with Crippen LogP contribution in [0.3, 0.4) is 0 Å². The average molecular weight is 422 g/mol. The first kappa shape index (κ1) is 18.8. The highest BCUT2D eigenvalue weighted by Crippen LogP contribution is 2.22. The molecule has 0 saturated heterocycles. The second-order valence-electron chi connectivity index (χ2n) is 6.95. The molecule has 5 rings (SSSR count). The van der Waals surface area contributed by atoms with Crippen LogP contribution in [0, 0.1) is 0 Å². The van der Waals surface area contributed by atoms with Gasteiger partial charge in [-0.1, -0.05) is 6.07 Å². The van der Waals surface area contributed by atoms with Crippen LogP contribution < -0.4 is 26.0 Å². The van der Waals surface area contributed by atoms with Gasteiger partial charge >= 0.3 is 11.7 Å². The summed E-state index contributed by atoms with van der Waals surface area (Å²) in [5.41, 5.74) is 1.13. The molecule has 0 spiro atoms. The van der Waals surface area contributed by atoms with Gasteiger partial charge in [0, 0.05) is 11.3 Å². The van der Waals surface area contributed by atoms with E-state index in [0.29, 0.717) is 28.1 Å². The first-order valence-electron chi connectivity index (χ1n) is 9.54. The molecule has 12 nitrogen and oxygen atoms in total. The molecule has 4 aromatic rings. The Morgan fingerprint density at radius 1 is 1.29 bits per heavy atom. The van der Waals surface area contributed by atoms with E-state index in [9.17, 15) is 9.90 Å². The number of nitrogens with one attached hydrogen (secondary N) is 2. The summed E-state index contributed by atoms with van der Waals surface area (Å²) >= 11 is 0. The molecule has 0 atom stereocenters. The molecular formula is C19H18N8O4. The van der Waals surface area contributed by atoms with Crippen molar-refractivity contribution in [3.63, 3.8) is 0 Å². The van der Waals surface area contributed by atoms with E-state index in [1.54, 1.807) is 31.5 Å². The van der Waals surface area contributed by atoms with E-state index in [1.165, 1.54) is 4.52 Å². The van der Waals surface area contributed by atoms with Gasteiger partial charge in [0.2, 0.25) is 11.8 Å². The Hall–Kier alpha value is -4.22. The van der Waals surface area contributed by atoms with Crippen LogP contribution in [0.1, 0.15) is 24.2 Å². The lowest BCUT2D eigenvalue weighted by Gasteiger charge is -2.06. The minimum Gasteiger partial charge on any atom is -0.493 e. The minimum absolute atomic E-state index is 0.110. The van der Waals surface area contributed by atoms with Crippen molar-refractivity contribution < 1.29 is 14.6 Å². The SMILES string of the molecule is COc1cccc(COc2nc(=NC3CC3)n3ncc(=Cc4[nH]c(=O)[nH]c4O)c3n2)n1. The fourth-order valence-electron chi connectivity index (χ4n) is 2.92. The van der Waals surface area contributed by atoms with E-state index in [2.05, 4.69) is 35.0 Å². The number of ether oxygens (including phenoxy) is 2. The Morgan fingerprint density at radius 2 is 2.16 bits per heavy atom. The number of H-pyrrole nitrogens is 2. The standard InChI is InChI=1S/C19H18N8O4/c1-30-14-4-2-3-12(21-14)9-31-19-24-15-10(7-13-16(28)25-18(29)23-13)8-20-27(15)17(26-19)22-11-5-6-11/h2-4,7-8,11,28H,5-6,9H2,1H3,(H2,23,25,29). The highest BCUT2D eigenvalue weighted by Gasteiger charge is 2.21. The topological polar surface area (TPSA) is 156 Å². The molecule has 1 aliphatic carbocycles. The molecular weight excluding hydrogens is 404 g/mol. The molecule has 0 bridgehead atoms. The van der Waals surface area contributed by atoms with Gasteiger partial charge in [-0.2, -0.15) is 19.6 Å². The normalized spacial score (nSPS) is 15.0. The van der Waals surface area contributed by atoms with Crippen molar-refractivity contribution in [3.05, 3.63) is 57.1 Å². The second-order valence-corrected chi connectivity index (χ2v) is 6.95. The maximum absolute atomic E-state index is 11.4. The van der Waals surface area contributed by atoms with Gasteiger partial charge in [0.25, 0.3) is 5.62 Å². The zero-order valence-corrected chi connectivity index (χ0v) is 16.4. The Labute approximate surface area is 174 Å². The zero-order chi connectivity index (χ0) is 21.4. The number of pyridine rings is 1. The van der Waals surface area contributed by atoms with Crippen LogP contribution in [-0.2, 0) is 6.61 Å². The predicted octanol–water partition coefficient (Wildman–Crippen LogP) is -0.560. The molecule has 1 saturated carbocycles. The number of hydrogen-bond acceptors (Lipinski definition) is 9. The average Bonchev–Trinajstić information content (AvgIpc) is 3.41. The molecule has 0 unspecified atom stereocenters. The number of fused-ring (bicyclic) bond motifs is 1. The van der Waals surface area contributed by atoms with Crippen LogP contribution in [0.2, 0.25) is 0 Å². The van der Waals surface area contributed by atoms with Crippen molar-refractivity contribution in [1.82, 2.24) is 34.5 Å². The van der Waals surface area contributed by atoms with Crippen LogP contribution in [-0.4, -0.2) is 52.8 Å². The first-order chi connectivity index (χ1) is 15.1. The maximum atomic E-state index is 11.4. The van der Waals surface area contributed by atoms with Crippen LogP contribution in [0.4, 0.5) is 0 Å². The van der Waals surface area contributed by atoms with Crippen LogP contribution in [0.15, 0.2) is 34.2 Å². The summed E-state index contributed by atoms with van der Waals surface area (Å²) in [7, 11) is 1.54. The van der Waals surface area contributed by atoms with Gasteiger partial charge in [-0.25, -0.2) is 14.8 Å². The molecule has 0 radical (unpaired) electrons. The largest absolute Gasteiger partial charge is 0.493 e. The predicted molar refractivity (Wildman–Crippen MR) is 106 cm³/mol. The van der Waals surface area contributed by atoms with Crippen molar-refractivity contribution in [3.8, 4) is 17.8 Å². The van der Waals surface area contributed by atoms with Gasteiger partial charge in [-0.3, -0.25) is 4.98 Å². The third kappa shape index (κ3) is 3.95. The summed E-state index contributed by atoms with van der Waals surface area (Å²) in [5.74, 6) is 0.205. The van der Waals surface area contributed by atoms with Crippen LogP contribution in [0.5, 0.6) is 17.8 Å². The van der Waals surface area contributed by atoms with E-state index in [4.69, 9.17) is 9.47 Å². The monoisotopic (exact) mass is 422 g/mol. The molecule has 158 valence electrons. The Kier molecular flexibility index (Phi) is 4.58. The fourth-order valence-corrected chi connectivity index (χ4v) is 2.92. The lowest BCUT2D eigenvalue weighted by molar-refractivity contribution is 0.272. The minimum atomic E-state index is -0.519. The molecule has 0 amide bonds. The number of aromatic hydroxyl groups is 1. The highest BCUT2D eigenvalue weighted by atomic mass is 16.5. The number of imidazole rings is 1. The van der Waals surface area contributed by atoms with Crippen molar-refractivity contribution in [2.24, 2.45) is 4.99 Å². The Morgan fingerprint density at radius 3 is 2.90 bits per heavy atom. The molecule has 4 aromatic heterocycles. The zero-order valence-electron chi connectivity index (χ0n) is 16.4. The van der Waals surface area contributed by atoms with Gasteiger partial charge in [0.15, 0.2) is 5.65 Å². The summed E-state index contributed by atoms with van der Waals surface area (Å²) in [4.78, 5) is 33.9. The van der Waals surface area contributed by atoms with Crippen molar-refractivity contribution in [2.75, 3.05) is 7.11 Å². The summed E-state index contributed by atoms with van der Waals surface area (Å²) in [6.07, 6.45) is 5.09. The highest BCUT2D eigenvalue weighted by molar-refractivity contribution is 5.56. The lowest BCUT2D eigenvalue weighted by Crippen LogP contribution is -2.24. The van der Waals surface area contributed by atoms with Crippen molar-refractivity contribution in [2.45, 2.75) is 25.5 Å². The first-order valence-corrected chi connectivity index (χ1v) is 9.54. The van der Waals surface area contributed by atoms with Gasteiger partial charge in [0.05, 0.1) is 25.0 Å². The van der Waals surface area contributed by atoms with Gasteiger partial charge in [-0.05, 0) is 25.0 Å². The van der Waals surface area contributed by atoms with E-state index in [1.807, 2.05) is 6.07 Å². The number of aromatic amines is 2. The maximum Gasteiger partial charge on any atom is 0.326 e. The van der Waals surface area contributed by atoms with Gasteiger partial charge in [-0.15, -0.1) is 0 Å². The summed E-state index contributed by atoms with van der Waals surface area (Å²) in [5, 5.41) is 14.7. The molecule has 1 aliphatic rings. The smallest absolute Gasteiger partial charge is 0.326 e. The quantitative estimate of drug-likeness (QED) is 0.373. The molecule has 3 N–H and O–H groups in total. The molecule has 4 heterocycles. The number of hydrogen-bond donors (Lipinski definition) is 3. The second kappa shape index (κ2) is 7.55. The lowest BCUT2D eigenvalue weighted by atomic mass is 10.3. The van der Waals surface area contributed by atoms with E-state index < -0.39 is 5.69 Å². The number of rotatable bonds is 6. The molecule has 31 heavy (non-hydrogen) atoms. The van der Waals surface area contributed by atoms with Crippen molar-refractivity contribution in [1.29, 1.82) is 0 Å². The third-order valence-electron chi connectivity index (χ3n) is 4.58. The molecule has 0 aromatic carbocycles. The molecule has 12 heteroatoms. The van der Waals surface area contributed by atoms with Crippen LogP contribution >= 0.6 is 0 Å². The van der Waals surface area contributed by atoms with Gasteiger partial charge < -0.3 is 19.6 Å². The van der Waals surface area contributed by atoms with Gasteiger partial charge in [0.1, 0.15) is 12.3 Å². The van der Waals surface area contributed by atoms with E-state index in [0.717, 1.165) is 12.8 Å². The van der Waals surface area contributed by atoms with E-state index in [-0.39, 0.29) is 30.2 Å². The fraction of sp³-hybridized carbons (Fsp3) is 0.263. The number of nitrogens with zero attached hydrogens (tertiary/aromatic N) is 6. The molecule has 1 fully saturated rings. The summed E-state index contributed by atoms with van der Waals surface area (Å²) in [6.45, 7) is 0.134. The summed E-state index contributed by atoms with van der Waals surface area (Å²) < 4.78 is 12.4. The Balaban J connectivity index is 1.57.